The van der Waals surface area contributed by atoms with Gasteiger partial charge in [0, 0.05) is 0 Å². The van der Waals surface area contributed by atoms with Gasteiger partial charge in [-0.2, -0.15) is 0 Å². The molecule has 9 aromatic rings. The average Bonchev–Trinajstić information content (AvgIpc) is 3.23. The van der Waals surface area contributed by atoms with Gasteiger partial charge in [-0.05, 0) is 88.3 Å². The molecule has 0 saturated heterocycles. The lowest BCUT2D eigenvalue weighted by molar-refractivity contribution is 0.615. The van der Waals surface area contributed by atoms with Crippen molar-refractivity contribution in [2.24, 2.45) is 0 Å². The molecule has 244 valence electrons. The summed E-state index contributed by atoms with van der Waals surface area (Å²) in [6.07, 6.45) is 0. The summed E-state index contributed by atoms with van der Waals surface area (Å²) in [7, 11) is -0.0233. The van der Waals surface area contributed by atoms with Gasteiger partial charge in [-0.15, -0.1) is 0 Å². The maximum atomic E-state index is 10.4. The molecule has 2 heteroatoms. The lowest BCUT2D eigenvalue weighted by Crippen LogP contribution is -2.12. The largest absolute Gasteiger partial charge is 0.449 e. The van der Waals surface area contributed by atoms with Crippen LogP contribution in [0, 0.1) is 0 Å². The molecule has 0 bridgehead atoms. The zero-order chi connectivity index (χ0) is 34.9. The van der Waals surface area contributed by atoms with Crippen molar-refractivity contribution >= 4 is 34.5 Å². The Labute approximate surface area is 305 Å². The molecule has 9 rings (SSSR count). The monoisotopic (exact) mass is 662 g/mol. The summed E-state index contributed by atoms with van der Waals surface area (Å²) in [6, 6.07) is 71.6. The molecule has 0 aliphatic heterocycles. The van der Waals surface area contributed by atoms with E-state index in [4.69, 9.17) is 0 Å². The Kier molecular flexibility index (Phi) is 8.29. The zero-order valence-electron chi connectivity index (χ0n) is 28.7. The Hall–Kier alpha value is -6.48. The van der Waals surface area contributed by atoms with Crippen LogP contribution in [0.5, 0.6) is 0 Å². The molecule has 0 aliphatic carbocycles. The Bertz CT molecular complexity index is 2680. The normalized spacial score (nSPS) is 11.2. The molecule has 0 fully saturated rings. The van der Waals surface area contributed by atoms with Crippen molar-refractivity contribution in [1.29, 1.82) is 0 Å². The van der Waals surface area contributed by atoms with Gasteiger partial charge in [0.05, 0.1) is 0 Å². The first-order chi connectivity index (χ1) is 25.8. The van der Waals surface area contributed by atoms with Crippen molar-refractivity contribution in [3.8, 4) is 66.8 Å². The van der Waals surface area contributed by atoms with Crippen LogP contribution in [0.15, 0.2) is 200 Å². The molecular formula is C50H35BO. The summed E-state index contributed by atoms with van der Waals surface area (Å²) in [5, 5.41) is 15.1. The zero-order valence-corrected chi connectivity index (χ0v) is 28.7. The second kappa shape index (κ2) is 13.7. The highest BCUT2D eigenvalue weighted by molar-refractivity contribution is 6.46. The molecule has 9 aromatic carbocycles. The van der Waals surface area contributed by atoms with E-state index < -0.39 is 0 Å². The smallest absolute Gasteiger partial charge is 0.304 e. The van der Waals surface area contributed by atoms with E-state index in [1.807, 2.05) is 0 Å². The van der Waals surface area contributed by atoms with Crippen LogP contribution in [-0.2, 0) is 0 Å². The highest BCUT2D eigenvalue weighted by atomic mass is 16.2. The highest BCUT2D eigenvalue weighted by Crippen LogP contribution is 2.47. The van der Waals surface area contributed by atoms with E-state index in [0.29, 0.717) is 0 Å². The quantitative estimate of drug-likeness (QED) is 0.133. The summed E-state index contributed by atoms with van der Waals surface area (Å²) < 4.78 is 0. The van der Waals surface area contributed by atoms with Crippen LogP contribution in [0.3, 0.4) is 0 Å². The van der Waals surface area contributed by atoms with Gasteiger partial charge in [-0.25, -0.2) is 0 Å². The highest BCUT2D eigenvalue weighted by Gasteiger charge is 2.21. The molecule has 0 unspecified atom stereocenters. The van der Waals surface area contributed by atoms with Crippen LogP contribution in [0.2, 0.25) is 0 Å². The van der Waals surface area contributed by atoms with Crippen LogP contribution in [0.1, 0.15) is 0 Å². The number of hydrogen-bond acceptors (Lipinski definition) is 1. The fraction of sp³-hybridized carbons (Fsp3) is 0. The van der Waals surface area contributed by atoms with Gasteiger partial charge in [0.25, 0.3) is 0 Å². The topological polar surface area (TPSA) is 20.2 Å². The predicted octanol–water partition coefficient (Wildman–Crippen LogP) is 12.0. The maximum Gasteiger partial charge on any atom is 0.304 e. The number of benzene rings is 9. The molecule has 0 heterocycles. The molecule has 0 saturated carbocycles. The van der Waals surface area contributed by atoms with Crippen LogP contribution >= 0.6 is 0 Å². The van der Waals surface area contributed by atoms with Crippen LogP contribution in [-0.4, -0.2) is 12.5 Å². The molecule has 0 aliphatic rings. The first-order valence-electron chi connectivity index (χ1n) is 17.9. The Morgan fingerprint density at radius 1 is 0.269 bits per heavy atom. The van der Waals surface area contributed by atoms with Gasteiger partial charge in [0.2, 0.25) is 0 Å². The summed E-state index contributed by atoms with van der Waals surface area (Å²) in [6.45, 7) is 0. The molecule has 0 spiro atoms. The maximum absolute atomic E-state index is 10.4. The van der Waals surface area contributed by atoms with E-state index in [0.717, 1.165) is 16.2 Å². The molecule has 0 atom stereocenters. The van der Waals surface area contributed by atoms with Gasteiger partial charge in [-0.1, -0.05) is 206 Å². The van der Waals surface area contributed by atoms with Crippen molar-refractivity contribution in [2.45, 2.75) is 0 Å². The van der Waals surface area contributed by atoms with Gasteiger partial charge in [-0.3, -0.25) is 0 Å². The minimum absolute atomic E-state index is 0.0233. The van der Waals surface area contributed by atoms with Crippen molar-refractivity contribution in [1.82, 2.24) is 0 Å². The molecule has 0 amide bonds. The van der Waals surface area contributed by atoms with Gasteiger partial charge >= 0.3 is 7.48 Å². The third-order valence-corrected chi connectivity index (χ3v) is 10.3. The van der Waals surface area contributed by atoms with Crippen molar-refractivity contribution in [3.63, 3.8) is 0 Å². The van der Waals surface area contributed by atoms with E-state index in [-0.39, 0.29) is 7.48 Å². The number of hydrogen-bond donors (Lipinski definition) is 1. The first kappa shape index (κ1) is 31.5. The Balaban J connectivity index is 1.26. The van der Waals surface area contributed by atoms with Gasteiger partial charge < -0.3 is 5.02 Å². The second-order valence-corrected chi connectivity index (χ2v) is 13.3. The Morgan fingerprint density at radius 3 is 1.08 bits per heavy atom. The van der Waals surface area contributed by atoms with Gasteiger partial charge in [0.15, 0.2) is 0 Å². The Morgan fingerprint density at radius 2 is 0.615 bits per heavy atom. The summed E-state index contributed by atoms with van der Waals surface area (Å²) in [5.41, 5.74) is 15.1. The molecule has 0 radical (unpaired) electrons. The SMILES string of the molecule is OBc1ccc2c(-c3ccccc3-c3ccc(-c4ccccc4)cc3)c3ccccc3c(-c3ccccc3-c3ccc(-c4ccccc4)cc3)c2c1. The standard InChI is InChI=1S/C50H35BO/c52-51-40-31-32-47-48(33-40)50(44-20-10-8-18-42(44)39-29-25-37(26-30-39)35-15-5-2-6-16-35)46-22-12-11-21-45(46)49(47)43-19-9-7-17-41(43)38-27-23-36(24-28-38)34-13-3-1-4-14-34/h1-33,51-52H. The molecule has 0 aromatic heterocycles. The van der Waals surface area contributed by atoms with Gasteiger partial charge in [0.1, 0.15) is 0 Å². The second-order valence-electron chi connectivity index (χ2n) is 13.3. The third-order valence-electron chi connectivity index (χ3n) is 10.3. The fourth-order valence-electron chi connectivity index (χ4n) is 7.76. The average molecular weight is 663 g/mol. The van der Waals surface area contributed by atoms with Crippen LogP contribution < -0.4 is 5.46 Å². The number of rotatable bonds is 7. The minimum atomic E-state index is -0.0233. The van der Waals surface area contributed by atoms with Crippen molar-refractivity contribution in [3.05, 3.63) is 200 Å². The molecule has 1 N–H and O–H groups in total. The summed E-state index contributed by atoms with van der Waals surface area (Å²) >= 11 is 0. The third kappa shape index (κ3) is 5.70. The molecule has 52 heavy (non-hydrogen) atoms. The van der Waals surface area contributed by atoms with Crippen LogP contribution in [0.4, 0.5) is 0 Å². The minimum Gasteiger partial charge on any atom is -0.449 e. The van der Waals surface area contributed by atoms with E-state index in [9.17, 15) is 5.02 Å². The van der Waals surface area contributed by atoms with Crippen LogP contribution in [0.25, 0.3) is 88.3 Å². The van der Waals surface area contributed by atoms with Crippen molar-refractivity contribution in [2.75, 3.05) is 0 Å². The molecular weight excluding hydrogens is 627 g/mol. The summed E-state index contributed by atoms with van der Waals surface area (Å²) in [4.78, 5) is 0. The predicted molar refractivity (Wildman–Crippen MR) is 223 cm³/mol. The summed E-state index contributed by atoms with van der Waals surface area (Å²) in [5.74, 6) is 0. The van der Waals surface area contributed by atoms with E-state index in [1.165, 1.54) is 77.5 Å². The van der Waals surface area contributed by atoms with Crippen molar-refractivity contribution < 1.29 is 5.02 Å². The molecule has 1 nitrogen and oxygen atoms in total. The first-order valence-corrected chi connectivity index (χ1v) is 17.9. The van der Waals surface area contributed by atoms with E-state index >= 15 is 0 Å². The number of fused-ring (bicyclic) bond motifs is 2. The lowest BCUT2D eigenvalue weighted by atomic mass is 9.79. The lowest BCUT2D eigenvalue weighted by Gasteiger charge is -2.21. The van der Waals surface area contributed by atoms with E-state index in [2.05, 4.69) is 200 Å². The fourth-order valence-corrected chi connectivity index (χ4v) is 7.76. The van der Waals surface area contributed by atoms with E-state index in [1.54, 1.807) is 0 Å².